The number of aromatic nitrogens is 5. The highest BCUT2D eigenvalue weighted by Crippen LogP contribution is 2.24. The number of rotatable bonds is 4. The normalized spacial score (nSPS) is 11.1. The van der Waals surface area contributed by atoms with E-state index < -0.39 is 0 Å². The lowest BCUT2D eigenvalue weighted by atomic mass is 10.3. The molecule has 3 heterocycles. The summed E-state index contributed by atoms with van der Waals surface area (Å²) in [4.78, 5) is 5.66. The van der Waals surface area contributed by atoms with Gasteiger partial charge in [0.15, 0.2) is 11.6 Å². The van der Waals surface area contributed by atoms with E-state index in [1.165, 1.54) is 0 Å². The summed E-state index contributed by atoms with van der Waals surface area (Å²) in [6.07, 6.45) is 0.919. The van der Waals surface area contributed by atoms with Crippen LogP contribution in [0.5, 0.6) is 0 Å². The van der Waals surface area contributed by atoms with Crippen LogP contribution in [0.4, 0.5) is 0 Å². The Labute approximate surface area is 115 Å². The molecular formula is C13H15N5S. The van der Waals surface area contributed by atoms with Gasteiger partial charge in [0.05, 0.1) is 10.6 Å². The number of hydrogen-bond donors (Lipinski definition) is 1. The molecule has 0 spiro atoms. The summed E-state index contributed by atoms with van der Waals surface area (Å²) in [5.74, 6) is 1.52. The second-order valence-electron chi connectivity index (χ2n) is 4.18. The third-order valence-electron chi connectivity index (χ3n) is 2.96. The maximum atomic E-state index is 4.56. The minimum Gasteiger partial charge on any atom is -0.262 e. The third-order valence-corrected chi connectivity index (χ3v) is 3.84. The second kappa shape index (κ2) is 4.97. The fraction of sp³-hybridized carbons (Fsp3) is 0.308. The van der Waals surface area contributed by atoms with E-state index in [9.17, 15) is 0 Å². The number of thiophene rings is 1. The first-order chi connectivity index (χ1) is 9.31. The maximum Gasteiger partial charge on any atom is 0.199 e. The van der Waals surface area contributed by atoms with E-state index in [1.807, 2.05) is 22.2 Å². The Hall–Kier alpha value is -1.95. The Bertz CT molecular complexity index is 665. The van der Waals surface area contributed by atoms with Gasteiger partial charge in [0.1, 0.15) is 5.69 Å². The Kier molecular flexibility index (Phi) is 3.16. The molecule has 19 heavy (non-hydrogen) atoms. The van der Waals surface area contributed by atoms with Gasteiger partial charge in [0.2, 0.25) is 0 Å². The second-order valence-corrected chi connectivity index (χ2v) is 5.12. The number of hydrogen-bond acceptors (Lipinski definition) is 4. The van der Waals surface area contributed by atoms with Crippen molar-refractivity contribution in [3.05, 3.63) is 29.3 Å². The van der Waals surface area contributed by atoms with Crippen molar-refractivity contribution in [1.82, 2.24) is 25.0 Å². The van der Waals surface area contributed by atoms with Crippen LogP contribution in [0.25, 0.3) is 22.2 Å². The molecule has 98 valence electrons. The zero-order chi connectivity index (χ0) is 13.2. The highest BCUT2D eigenvalue weighted by molar-refractivity contribution is 7.13. The van der Waals surface area contributed by atoms with Crippen molar-refractivity contribution in [2.75, 3.05) is 0 Å². The van der Waals surface area contributed by atoms with Crippen LogP contribution in [-0.4, -0.2) is 25.0 Å². The number of aryl methyl sites for hydroxylation is 2. The summed E-state index contributed by atoms with van der Waals surface area (Å²) < 4.78 is 1.94. The molecule has 0 aliphatic rings. The van der Waals surface area contributed by atoms with E-state index in [2.05, 4.69) is 40.2 Å². The van der Waals surface area contributed by atoms with E-state index in [0.717, 1.165) is 35.1 Å². The lowest BCUT2D eigenvalue weighted by molar-refractivity contribution is 0.652. The highest BCUT2D eigenvalue weighted by Gasteiger charge is 2.14. The van der Waals surface area contributed by atoms with E-state index in [1.54, 1.807) is 11.3 Å². The molecule has 3 rings (SSSR count). The number of nitrogens with zero attached hydrogens (tertiary/aromatic N) is 4. The quantitative estimate of drug-likeness (QED) is 0.795. The van der Waals surface area contributed by atoms with Gasteiger partial charge >= 0.3 is 0 Å². The first-order valence-electron chi connectivity index (χ1n) is 6.35. The average Bonchev–Trinajstić information content (AvgIpc) is 3.16. The van der Waals surface area contributed by atoms with Crippen LogP contribution in [0, 0.1) is 0 Å². The van der Waals surface area contributed by atoms with E-state index >= 15 is 0 Å². The molecule has 0 atom stereocenters. The van der Waals surface area contributed by atoms with Crippen molar-refractivity contribution in [2.24, 2.45) is 0 Å². The van der Waals surface area contributed by atoms with Crippen LogP contribution < -0.4 is 0 Å². The van der Waals surface area contributed by atoms with E-state index in [4.69, 9.17) is 0 Å². The predicted molar refractivity (Wildman–Crippen MR) is 76.0 cm³/mol. The molecule has 0 unspecified atom stereocenters. The molecule has 0 fully saturated rings. The smallest absolute Gasteiger partial charge is 0.199 e. The molecule has 0 saturated carbocycles. The zero-order valence-electron chi connectivity index (χ0n) is 10.9. The molecule has 3 aromatic rings. The van der Waals surface area contributed by atoms with Gasteiger partial charge in [-0.1, -0.05) is 13.0 Å². The monoisotopic (exact) mass is 273 g/mol. The molecule has 0 amide bonds. The first-order valence-corrected chi connectivity index (χ1v) is 7.23. The number of nitrogens with one attached hydrogen (secondary N) is 1. The zero-order valence-corrected chi connectivity index (χ0v) is 11.7. The standard InChI is InChI=1S/C13H15N5S/c1-3-9-8-10(18(4-2)17-9)12-14-13(16-15-12)11-6-5-7-19-11/h5-8H,3-4H2,1-2H3,(H,14,15,16). The van der Waals surface area contributed by atoms with Crippen molar-refractivity contribution in [1.29, 1.82) is 0 Å². The van der Waals surface area contributed by atoms with Gasteiger partial charge < -0.3 is 0 Å². The predicted octanol–water partition coefficient (Wildman–Crippen LogP) is 2.98. The Morgan fingerprint density at radius 3 is 2.95 bits per heavy atom. The van der Waals surface area contributed by atoms with Crippen LogP contribution in [0.2, 0.25) is 0 Å². The lowest BCUT2D eigenvalue weighted by Gasteiger charge is -1.98. The third kappa shape index (κ3) is 2.19. The van der Waals surface area contributed by atoms with Crippen LogP contribution in [0.3, 0.4) is 0 Å². The van der Waals surface area contributed by atoms with Gasteiger partial charge in [0.25, 0.3) is 0 Å². The van der Waals surface area contributed by atoms with Crippen molar-refractivity contribution >= 4 is 11.3 Å². The molecule has 0 aliphatic carbocycles. The Balaban J connectivity index is 2.00. The molecule has 0 saturated heterocycles. The molecule has 3 aromatic heterocycles. The highest BCUT2D eigenvalue weighted by atomic mass is 32.1. The Morgan fingerprint density at radius 1 is 1.37 bits per heavy atom. The van der Waals surface area contributed by atoms with Gasteiger partial charge in [-0.25, -0.2) is 4.98 Å². The van der Waals surface area contributed by atoms with E-state index in [0.29, 0.717) is 5.82 Å². The minimum atomic E-state index is 0.706. The molecule has 0 bridgehead atoms. The minimum absolute atomic E-state index is 0.706. The van der Waals surface area contributed by atoms with Gasteiger partial charge in [-0.3, -0.25) is 9.78 Å². The fourth-order valence-corrected chi connectivity index (χ4v) is 2.63. The van der Waals surface area contributed by atoms with Crippen LogP contribution >= 0.6 is 11.3 Å². The summed E-state index contributed by atoms with van der Waals surface area (Å²) in [7, 11) is 0. The largest absolute Gasteiger partial charge is 0.262 e. The van der Waals surface area contributed by atoms with Crippen molar-refractivity contribution in [3.8, 4) is 22.2 Å². The topological polar surface area (TPSA) is 59.4 Å². The summed E-state index contributed by atoms with van der Waals surface area (Å²) >= 11 is 1.65. The summed E-state index contributed by atoms with van der Waals surface area (Å²) in [5, 5.41) is 13.9. The lowest BCUT2D eigenvalue weighted by Crippen LogP contribution is -2.00. The molecule has 0 aliphatic heterocycles. The van der Waals surface area contributed by atoms with Crippen LogP contribution in [-0.2, 0) is 13.0 Å². The molecule has 6 heteroatoms. The number of H-pyrrole nitrogens is 1. The molecule has 5 nitrogen and oxygen atoms in total. The van der Waals surface area contributed by atoms with Crippen molar-refractivity contribution in [2.45, 2.75) is 26.8 Å². The van der Waals surface area contributed by atoms with Gasteiger partial charge in [-0.2, -0.15) is 10.2 Å². The van der Waals surface area contributed by atoms with Crippen molar-refractivity contribution < 1.29 is 0 Å². The molecule has 1 N–H and O–H groups in total. The summed E-state index contributed by atoms with van der Waals surface area (Å²) in [5.41, 5.74) is 2.04. The van der Waals surface area contributed by atoms with Gasteiger partial charge in [-0.05, 0) is 30.9 Å². The SMILES string of the molecule is CCc1cc(-c2n[nH]c(-c3cccs3)n2)n(CC)n1. The van der Waals surface area contributed by atoms with Crippen LogP contribution in [0.1, 0.15) is 19.5 Å². The first kappa shape index (κ1) is 12.1. The fourth-order valence-electron chi connectivity index (χ4n) is 1.96. The van der Waals surface area contributed by atoms with Gasteiger partial charge in [-0.15, -0.1) is 11.3 Å². The maximum absolute atomic E-state index is 4.56. The average molecular weight is 273 g/mol. The Morgan fingerprint density at radius 2 is 2.26 bits per heavy atom. The van der Waals surface area contributed by atoms with Crippen molar-refractivity contribution in [3.63, 3.8) is 0 Å². The summed E-state index contributed by atoms with van der Waals surface area (Å²) in [6, 6.07) is 6.10. The molecule has 0 aromatic carbocycles. The summed E-state index contributed by atoms with van der Waals surface area (Å²) in [6.45, 7) is 4.99. The van der Waals surface area contributed by atoms with Gasteiger partial charge in [0, 0.05) is 6.54 Å². The molecular weight excluding hydrogens is 258 g/mol. The van der Waals surface area contributed by atoms with E-state index in [-0.39, 0.29) is 0 Å². The number of aromatic amines is 1. The van der Waals surface area contributed by atoms with Crippen LogP contribution in [0.15, 0.2) is 23.6 Å². The molecule has 0 radical (unpaired) electrons.